The lowest BCUT2D eigenvalue weighted by molar-refractivity contribution is -0.151. The lowest BCUT2D eigenvalue weighted by atomic mass is 10.3. The first-order valence-corrected chi connectivity index (χ1v) is 6.91. The zero-order valence-corrected chi connectivity index (χ0v) is 11.0. The molecular weight excluding hydrogens is 265 g/mol. The predicted molar refractivity (Wildman–Crippen MR) is 63.8 cm³/mol. The summed E-state index contributed by atoms with van der Waals surface area (Å²) in [5.74, 6) is -0.141. The fourth-order valence-electron chi connectivity index (χ4n) is 1.10. The van der Waals surface area contributed by atoms with E-state index >= 15 is 0 Å². The first-order valence-electron chi connectivity index (χ1n) is 4.79. The molecule has 0 aliphatic heterocycles. The van der Waals surface area contributed by atoms with Gasteiger partial charge < -0.3 is 9.57 Å². The first kappa shape index (κ1) is 13.9. The molecule has 0 amide bonds. The largest absolute Gasteiger partial charge is 0.593 e. The molecule has 2 unspecified atom stereocenters. The third-order valence-electron chi connectivity index (χ3n) is 1.97. The number of hydrogen-bond donors (Lipinski definition) is 0. The highest BCUT2D eigenvalue weighted by Crippen LogP contribution is 2.35. The third-order valence-corrected chi connectivity index (χ3v) is 3.16. The van der Waals surface area contributed by atoms with E-state index in [0.29, 0.717) is 5.75 Å². The minimum Gasteiger partial charge on any atom is -0.468 e. The molecule has 17 heavy (non-hydrogen) atoms. The Morgan fingerprint density at radius 2 is 2.00 bits per heavy atom. The van der Waals surface area contributed by atoms with Gasteiger partial charge in [-0.15, -0.1) is 0 Å². The van der Waals surface area contributed by atoms with Gasteiger partial charge in [0.15, 0.2) is 11.8 Å². The Kier molecular flexibility index (Phi) is 5.35. The molecule has 0 aromatic heterocycles. The standard InChI is InChI=1S/C10H12ClNO4P/c1-8(10(13)15-2)12(17(11)14)16-9-6-4-3-5-7-9/h3-8H,1-2H3/q+1. The number of nitrogens with zero attached hydrogens (tertiary/aromatic N) is 1. The van der Waals surface area contributed by atoms with Gasteiger partial charge in [-0.1, -0.05) is 18.2 Å². The van der Waals surface area contributed by atoms with Crippen LogP contribution in [0.3, 0.4) is 0 Å². The van der Waals surface area contributed by atoms with E-state index in [1.807, 2.05) is 6.07 Å². The summed E-state index contributed by atoms with van der Waals surface area (Å²) in [6, 6.07) is 7.76. The number of benzene rings is 1. The van der Waals surface area contributed by atoms with E-state index in [2.05, 4.69) is 4.74 Å². The van der Waals surface area contributed by atoms with E-state index in [-0.39, 0.29) is 0 Å². The van der Waals surface area contributed by atoms with Crippen molar-refractivity contribution in [2.24, 2.45) is 0 Å². The molecule has 0 bridgehead atoms. The van der Waals surface area contributed by atoms with E-state index in [9.17, 15) is 9.36 Å². The maximum absolute atomic E-state index is 11.3. The van der Waals surface area contributed by atoms with Crippen LogP contribution in [0.1, 0.15) is 6.92 Å². The minimum absolute atomic E-state index is 0.437. The van der Waals surface area contributed by atoms with Crippen LogP contribution < -0.4 is 4.84 Å². The molecular formula is C10H12ClNO4P+. The molecule has 1 aromatic rings. The summed E-state index contributed by atoms with van der Waals surface area (Å²) in [4.78, 5) is 17.5. The molecule has 5 nitrogen and oxygen atoms in total. The highest BCUT2D eigenvalue weighted by molar-refractivity contribution is 7.71. The number of ether oxygens (including phenoxy) is 1. The van der Waals surface area contributed by atoms with Crippen LogP contribution in [0.5, 0.6) is 5.75 Å². The average molecular weight is 277 g/mol. The van der Waals surface area contributed by atoms with Crippen LogP contribution in [-0.2, 0) is 14.1 Å². The second-order valence-electron chi connectivity index (χ2n) is 3.13. The Morgan fingerprint density at radius 3 is 2.47 bits per heavy atom. The van der Waals surface area contributed by atoms with Crippen molar-refractivity contribution in [1.82, 2.24) is 4.83 Å². The lowest BCUT2D eigenvalue weighted by Crippen LogP contribution is -2.36. The van der Waals surface area contributed by atoms with Gasteiger partial charge in [0.05, 0.1) is 7.11 Å². The molecule has 0 fully saturated rings. The van der Waals surface area contributed by atoms with Crippen molar-refractivity contribution in [3.63, 3.8) is 0 Å². The van der Waals surface area contributed by atoms with Gasteiger partial charge >= 0.3 is 13.3 Å². The molecule has 0 heterocycles. The number of halogens is 1. The van der Waals surface area contributed by atoms with E-state index in [0.717, 1.165) is 4.83 Å². The predicted octanol–water partition coefficient (Wildman–Crippen LogP) is 2.74. The number of hydrogen-bond acceptors (Lipinski definition) is 4. The third kappa shape index (κ3) is 3.97. The number of para-hydroxylation sites is 1. The maximum atomic E-state index is 11.3. The topological polar surface area (TPSA) is 55.8 Å². The summed E-state index contributed by atoms with van der Waals surface area (Å²) in [5, 5.41) is 0. The number of rotatable bonds is 5. The fraction of sp³-hybridized carbons (Fsp3) is 0.300. The second-order valence-corrected chi connectivity index (χ2v) is 4.85. The maximum Gasteiger partial charge on any atom is 0.593 e. The van der Waals surface area contributed by atoms with Crippen LogP contribution in [0.15, 0.2) is 30.3 Å². The number of hydroxylamine groups is 1. The summed E-state index contributed by atoms with van der Waals surface area (Å²) in [5.41, 5.74) is 0. The molecule has 0 saturated carbocycles. The van der Waals surface area contributed by atoms with E-state index in [1.165, 1.54) is 14.0 Å². The summed E-state index contributed by atoms with van der Waals surface area (Å²) in [6.45, 7) is 1.49. The van der Waals surface area contributed by atoms with Crippen molar-refractivity contribution in [1.29, 1.82) is 0 Å². The van der Waals surface area contributed by atoms with Crippen molar-refractivity contribution in [2.75, 3.05) is 7.11 Å². The number of esters is 1. The quantitative estimate of drug-likeness (QED) is 0.470. The molecule has 0 N–H and O–H groups in total. The van der Waals surface area contributed by atoms with Crippen LogP contribution in [0.25, 0.3) is 0 Å². The summed E-state index contributed by atoms with van der Waals surface area (Å²) in [6.07, 6.45) is 0. The molecule has 0 saturated heterocycles. The van der Waals surface area contributed by atoms with Gasteiger partial charge in [0, 0.05) is 0 Å². The minimum atomic E-state index is -2.33. The molecule has 0 radical (unpaired) electrons. The van der Waals surface area contributed by atoms with Crippen LogP contribution in [0.2, 0.25) is 0 Å². The Labute approximate surface area is 105 Å². The van der Waals surface area contributed by atoms with Gasteiger partial charge in [-0.25, -0.2) is 0 Å². The molecule has 0 aliphatic carbocycles. The SMILES string of the molecule is COC(=O)C(C)N(Oc1ccccc1)[P+](=O)Cl. The summed E-state index contributed by atoms with van der Waals surface area (Å²) >= 11 is 5.49. The van der Waals surface area contributed by atoms with Gasteiger partial charge in [-0.3, -0.25) is 4.79 Å². The van der Waals surface area contributed by atoms with Gasteiger partial charge in [0.1, 0.15) is 4.83 Å². The number of carbonyl (C=O) groups excluding carboxylic acids is 1. The Balaban J connectivity index is 2.81. The molecule has 0 spiro atoms. The van der Waals surface area contributed by atoms with Gasteiger partial charge in [0.25, 0.3) is 0 Å². The van der Waals surface area contributed by atoms with E-state index in [1.54, 1.807) is 24.3 Å². The Morgan fingerprint density at radius 1 is 1.41 bits per heavy atom. The number of carbonyl (C=O) groups is 1. The smallest absolute Gasteiger partial charge is 0.468 e. The number of methoxy groups -OCH3 is 1. The zero-order chi connectivity index (χ0) is 12.8. The zero-order valence-electron chi connectivity index (χ0n) is 9.37. The average Bonchev–Trinajstić information content (AvgIpc) is 2.35. The molecule has 1 rings (SSSR count). The first-order chi connectivity index (χ1) is 8.06. The van der Waals surface area contributed by atoms with Crippen molar-refractivity contribution in [3.05, 3.63) is 30.3 Å². The second kappa shape index (κ2) is 6.55. The van der Waals surface area contributed by atoms with Crippen molar-refractivity contribution in [3.8, 4) is 5.75 Å². The lowest BCUT2D eigenvalue weighted by Gasteiger charge is -2.14. The Bertz CT molecular complexity index is 401. The summed E-state index contributed by atoms with van der Waals surface area (Å²) < 4.78 is 15.8. The van der Waals surface area contributed by atoms with Gasteiger partial charge in [-0.2, -0.15) is 0 Å². The van der Waals surface area contributed by atoms with Crippen LogP contribution in [0, 0.1) is 0 Å². The highest BCUT2D eigenvalue weighted by Gasteiger charge is 2.39. The highest BCUT2D eigenvalue weighted by atomic mass is 35.7. The molecule has 1 aromatic carbocycles. The monoisotopic (exact) mass is 276 g/mol. The molecule has 0 aliphatic rings. The van der Waals surface area contributed by atoms with Crippen molar-refractivity contribution in [2.45, 2.75) is 13.0 Å². The molecule has 7 heteroatoms. The van der Waals surface area contributed by atoms with Crippen molar-refractivity contribution < 1.29 is 18.9 Å². The molecule has 92 valence electrons. The van der Waals surface area contributed by atoms with Crippen LogP contribution in [-0.4, -0.2) is 24.0 Å². The van der Waals surface area contributed by atoms with E-state index in [4.69, 9.17) is 16.1 Å². The van der Waals surface area contributed by atoms with Gasteiger partial charge in [-0.05, 0) is 23.6 Å². The van der Waals surface area contributed by atoms with Crippen LogP contribution >= 0.6 is 18.5 Å². The Hall–Kier alpha value is -1.16. The van der Waals surface area contributed by atoms with Crippen molar-refractivity contribution >= 4 is 24.5 Å². The summed E-state index contributed by atoms with van der Waals surface area (Å²) in [7, 11) is -1.10. The fourth-order valence-corrected chi connectivity index (χ4v) is 2.11. The van der Waals surface area contributed by atoms with Crippen LogP contribution in [0.4, 0.5) is 0 Å². The van der Waals surface area contributed by atoms with E-state index < -0.39 is 19.3 Å². The normalized spacial score (nSPS) is 13.1. The van der Waals surface area contributed by atoms with Gasteiger partial charge in [0.2, 0.25) is 11.2 Å². The molecule has 2 atom stereocenters.